The van der Waals surface area contributed by atoms with Crippen molar-refractivity contribution in [2.45, 2.75) is 6.92 Å². The van der Waals surface area contributed by atoms with Crippen LogP contribution in [0.15, 0.2) is 24.3 Å². The van der Waals surface area contributed by atoms with Crippen molar-refractivity contribution in [3.05, 3.63) is 41.0 Å². The topological polar surface area (TPSA) is 29.1 Å². The maximum atomic E-state index is 10.5. The number of nitrogens with one attached hydrogen (secondary N) is 1. The average Bonchev–Trinajstić information content (AvgIpc) is 2.20. The van der Waals surface area contributed by atoms with Gasteiger partial charge in [-0.2, -0.15) is 0 Å². The van der Waals surface area contributed by atoms with Gasteiger partial charge in [0.25, 0.3) is 0 Å². The minimum atomic E-state index is 0.730. The van der Waals surface area contributed by atoms with E-state index in [4.69, 9.17) is 0 Å². The molecule has 0 heterocycles. The molecule has 0 saturated carbocycles. The molecule has 14 heavy (non-hydrogen) atoms. The highest BCUT2D eigenvalue weighted by molar-refractivity contribution is 5.76. The third kappa shape index (κ3) is 2.82. The van der Waals surface area contributed by atoms with E-state index in [0.29, 0.717) is 0 Å². The van der Waals surface area contributed by atoms with Crippen molar-refractivity contribution in [2.24, 2.45) is 0 Å². The number of likely N-dealkylation sites (N-methyl/N-ethyl adjacent to an activating group) is 1. The van der Waals surface area contributed by atoms with Gasteiger partial charge in [-0.05, 0) is 31.2 Å². The van der Waals surface area contributed by atoms with Crippen LogP contribution in [0, 0.1) is 6.92 Å². The first-order valence-electron chi connectivity index (χ1n) is 4.65. The summed E-state index contributed by atoms with van der Waals surface area (Å²) in [5, 5.41) is 3.04. The lowest BCUT2D eigenvalue weighted by atomic mass is 10.1. The summed E-state index contributed by atoms with van der Waals surface area (Å²) in [6.07, 6.45) is 4.98. The summed E-state index contributed by atoms with van der Waals surface area (Å²) >= 11 is 0. The highest BCUT2D eigenvalue weighted by Crippen LogP contribution is 2.11. The van der Waals surface area contributed by atoms with Gasteiger partial charge in [0.15, 0.2) is 0 Å². The number of aldehydes is 1. The molecule has 0 bridgehead atoms. The fraction of sp³-hybridized carbons (Fsp3) is 0.250. The minimum Gasteiger partial charge on any atom is -0.316 e. The van der Waals surface area contributed by atoms with Gasteiger partial charge in [-0.25, -0.2) is 0 Å². The van der Waals surface area contributed by atoms with E-state index in [1.165, 1.54) is 0 Å². The number of hydrogen-bond donors (Lipinski definition) is 1. The zero-order valence-corrected chi connectivity index (χ0v) is 8.58. The quantitative estimate of drug-likeness (QED) is 0.734. The van der Waals surface area contributed by atoms with E-state index >= 15 is 0 Å². The van der Waals surface area contributed by atoms with E-state index in [-0.39, 0.29) is 0 Å². The van der Waals surface area contributed by atoms with Crippen molar-refractivity contribution in [1.29, 1.82) is 0 Å². The molecule has 0 saturated heterocycles. The molecule has 1 aromatic carbocycles. The van der Waals surface area contributed by atoms with E-state index < -0.39 is 0 Å². The Morgan fingerprint density at radius 1 is 1.43 bits per heavy atom. The molecule has 2 nitrogen and oxygen atoms in total. The summed E-state index contributed by atoms with van der Waals surface area (Å²) < 4.78 is 0. The van der Waals surface area contributed by atoms with Crippen molar-refractivity contribution >= 4 is 12.4 Å². The lowest BCUT2D eigenvalue weighted by Crippen LogP contribution is -2.03. The first-order chi connectivity index (χ1) is 6.77. The highest BCUT2D eigenvalue weighted by Gasteiger charge is 1.95. The molecule has 0 unspecified atom stereocenters. The van der Waals surface area contributed by atoms with Crippen LogP contribution >= 0.6 is 0 Å². The lowest BCUT2D eigenvalue weighted by molar-refractivity contribution is 0.112. The number of carbonyl (C=O) groups is 1. The van der Waals surface area contributed by atoms with Crippen LogP contribution < -0.4 is 5.32 Å². The summed E-state index contributed by atoms with van der Waals surface area (Å²) in [5.74, 6) is 0. The Bertz CT molecular complexity index is 342. The number of hydrogen-bond acceptors (Lipinski definition) is 2. The molecular formula is C12H15NO. The molecule has 1 N–H and O–H groups in total. The normalized spacial score (nSPS) is 10.7. The van der Waals surface area contributed by atoms with Crippen LogP contribution in [0.5, 0.6) is 0 Å². The molecule has 2 heteroatoms. The third-order valence-corrected chi connectivity index (χ3v) is 2.05. The first-order valence-corrected chi connectivity index (χ1v) is 4.65. The van der Waals surface area contributed by atoms with Gasteiger partial charge in [-0.15, -0.1) is 0 Å². The first kappa shape index (κ1) is 10.7. The molecule has 0 atom stereocenters. The van der Waals surface area contributed by atoms with E-state index in [1.807, 2.05) is 32.2 Å². The van der Waals surface area contributed by atoms with Crippen LogP contribution in [0.3, 0.4) is 0 Å². The van der Waals surface area contributed by atoms with E-state index in [2.05, 4.69) is 17.5 Å². The van der Waals surface area contributed by atoms with Crippen LogP contribution in [0.2, 0.25) is 0 Å². The second kappa shape index (κ2) is 5.35. The highest BCUT2D eigenvalue weighted by atomic mass is 16.1. The van der Waals surface area contributed by atoms with E-state index in [9.17, 15) is 4.79 Å². The monoisotopic (exact) mass is 189 g/mol. The number of rotatable bonds is 4. The Morgan fingerprint density at radius 3 is 2.79 bits per heavy atom. The molecule has 0 aliphatic rings. The zero-order chi connectivity index (χ0) is 10.4. The Labute approximate surface area is 84.6 Å². The second-order valence-corrected chi connectivity index (χ2v) is 3.19. The zero-order valence-electron chi connectivity index (χ0n) is 8.58. The molecular weight excluding hydrogens is 174 g/mol. The van der Waals surface area contributed by atoms with Gasteiger partial charge in [-0.1, -0.05) is 24.3 Å². The lowest BCUT2D eigenvalue weighted by Gasteiger charge is -2.00. The van der Waals surface area contributed by atoms with Crippen LogP contribution in [0.1, 0.15) is 21.5 Å². The summed E-state index contributed by atoms with van der Waals surface area (Å²) in [5.41, 5.74) is 3.01. The van der Waals surface area contributed by atoms with E-state index in [1.54, 1.807) is 0 Å². The predicted molar refractivity (Wildman–Crippen MR) is 59.5 cm³/mol. The van der Waals surface area contributed by atoms with Crippen LogP contribution in [0.4, 0.5) is 0 Å². The molecule has 1 aromatic rings. The van der Waals surface area contributed by atoms with Gasteiger partial charge in [0.05, 0.1) is 0 Å². The van der Waals surface area contributed by atoms with Crippen molar-refractivity contribution < 1.29 is 4.79 Å². The SMILES string of the molecule is CNCC=Cc1ccc(C=O)cc1C. The largest absolute Gasteiger partial charge is 0.316 e. The Kier molecular flexibility index (Phi) is 4.08. The maximum Gasteiger partial charge on any atom is 0.150 e. The standard InChI is InChI=1S/C12H15NO/c1-10-8-11(9-14)5-6-12(10)4-3-7-13-2/h3-6,8-9,13H,7H2,1-2H3. The Morgan fingerprint density at radius 2 is 2.21 bits per heavy atom. The number of carbonyl (C=O) groups excluding carboxylic acids is 1. The molecule has 0 amide bonds. The fourth-order valence-corrected chi connectivity index (χ4v) is 1.26. The molecule has 0 spiro atoms. The smallest absolute Gasteiger partial charge is 0.150 e. The predicted octanol–water partition coefficient (Wildman–Crippen LogP) is 2.04. The van der Waals surface area contributed by atoms with Gasteiger partial charge in [0.2, 0.25) is 0 Å². The van der Waals surface area contributed by atoms with Gasteiger partial charge in [0.1, 0.15) is 6.29 Å². The van der Waals surface area contributed by atoms with E-state index in [0.717, 1.165) is 29.5 Å². The van der Waals surface area contributed by atoms with Gasteiger partial charge >= 0.3 is 0 Å². The summed E-state index contributed by atoms with van der Waals surface area (Å²) in [4.78, 5) is 10.5. The second-order valence-electron chi connectivity index (χ2n) is 3.19. The summed E-state index contributed by atoms with van der Waals surface area (Å²) in [6, 6.07) is 5.69. The van der Waals surface area contributed by atoms with Crippen molar-refractivity contribution in [3.63, 3.8) is 0 Å². The number of benzene rings is 1. The van der Waals surface area contributed by atoms with Crippen molar-refractivity contribution in [1.82, 2.24) is 5.32 Å². The fourth-order valence-electron chi connectivity index (χ4n) is 1.26. The van der Waals surface area contributed by atoms with Crippen LogP contribution in [0.25, 0.3) is 6.08 Å². The summed E-state index contributed by atoms with van der Waals surface area (Å²) in [7, 11) is 1.91. The molecule has 1 rings (SSSR count). The van der Waals surface area contributed by atoms with Crippen LogP contribution in [-0.4, -0.2) is 19.9 Å². The Balaban J connectivity index is 2.83. The van der Waals surface area contributed by atoms with Crippen molar-refractivity contribution in [3.8, 4) is 0 Å². The molecule has 74 valence electrons. The molecule has 0 aromatic heterocycles. The summed E-state index contributed by atoms with van der Waals surface area (Å²) in [6.45, 7) is 2.86. The molecule has 0 aliphatic heterocycles. The third-order valence-electron chi connectivity index (χ3n) is 2.05. The van der Waals surface area contributed by atoms with Gasteiger partial charge in [-0.3, -0.25) is 4.79 Å². The Hall–Kier alpha value is -1.41. The maximum absolute atomic E-state index is 10.5. The van der Waals surface area contributed by atoms with Gasteiger partial charge in [0, 0.05) is 12.1 Å². The molecule has 0 aliphatic carbocycles. The average molecular weight is 189 g/mol. The van der Waals surface area contributed by atoms with Crippen LogP contribution in [-0.2, 0) is 0 Å². The minimum absolute atomic E-state index is 0.730. The van der Waals surface area contributed by atoms with Gasteiger partial charge < -0.3 is 5.32 Å². The van der Waals surface area contributed by atoms with Crippen molar-refractivity contribution in [2.75, 3.05) is 13.6 Å². The molecule has 0 fully saturated rings. The number of aryl methyl sites for hydroxylation is 1. The molecule has 0 radical (unpaired) electrons.